The van der Waals surface area contributed by atoms with Crippen molar-refractivity contribution in [2.75, 3.05) is 32.5 Å². The van der Waals surface area contributed by atoms with E-state index in [1.165, 1.54) is 23.5 Å². The van der Waals surface area contributed by atoms with E-state index in [1.54, 1.807) is 30.3 Å². The van der Waals surface area contributed by atoms with Crippen LogP contribution >= 0.6 is 11.3 Å². The van der Waals surface area contributed by atoms with Crippen molar-refractivity contribution in [3.63, 3.8) is 0 Å². The van der Waals surface area contributed by atoms with Crippen molar-refractivity contribution >= 4 is 39.3 Å². The van der Waals surface area contributed by atoms with E-state index in [4.69, 9.17) is 9.72 Å². The molecule has 0 radical (unpaired) electrons. The third-order valence-corrected chi connectivity index (χ3v) is 8.98. The maximum absolute atomic E-state index is 14.9. The fourth-order valence-corrected chi connectivity index (χ4v) is 6.25. The van der Waals surface area contributed by atoms with E-state index < -0.39 is 5.82 Å². The first-order valence-electron chi connectivity index (χ1n) is 14.4. The molecule has 0 spiro atoms. The lowest BCUT2D eigenvalue weighted by Gasteiger charge is -2.36. The number of fused-ring (bicyclic) bond motifs is 1. The summed E-state index contributed by atoms with van der Waals surface area (Å²) in [5.41, 5.74) is 3.05. The van der Waals surface area contributed by atoms with Gasteiger partial charge in [0.1, 0.15) is 5.75 Å². The van der Waals surface area contributed by atoms with Crippen molar-refractivity contribution in [3.05, 3.63) is 66.2 Å². The normalized spacial score (nSPS) is 15.7. The van der Waals surface area contributed by atoms with Crippen LogP contribution in [0.15, 0.2) is 54.9 Å². The maximum Gasteiger partial charge on any atom is 0.319 e. The van der Waals surface area contributed by atoms with Crippen LogP contribution in [0.1, 0.15) is 31.2 Å². The van der Waals surface area contributed by atoms with E-state index in [1.807, 2.05) is 25.4 Å². The number of nitrogens with zero attached hydrogens (tertiary/aromatic N) is 4. The predicted molar refractivity (Wildman–Crippen MR) is 165 cm³/mol. The summed E-state index contributed by atoms with van der Waals surface area (Å²) in [6.07, 6.45) is 7.37. The molecule has 1 saturated heterocycles. The van der Waals surface area contributed by atoms with Gasteiger partial charge in [-0.25, -0.2) is 14.0 Å². The topological polar surface area (TPSA) is 112 Å². The number of carbonyl (C=O) groups is 2. The van der Waals surface area contributed by atoms with Gasteiger partial charge in [-0.15, -0.1) is 11.3 Å². The van der Waals surface area contributed by atoms with Gasteiger partial charge >= 0.3 is 12.1 Å². The van der Waals surface area contributed by atoms with Crippen LogP contribution in [0.5, 0.6) is 11.5 Å². The number of rotatable bonds is 8. The number of benzene rings is 1. The predicted octanol–water partition coefficient (Wildman–Crippen LogP) is 5.81. The van der Waals surface area contributed by atoms with Gasteiger partial charge in [0, 0.05) is 76.0 Å². The Balaban J connectivity index is 1.09. The minimum atomic E-state index is -0.578. The fourth-order valence-electron chi connectivity index (χ4n) is 5.21. The summed E-state index contributed by atoms with van der Waals surface area (Å²) in [5, 5.41) is 8.17. The number of amides is 4. The SMILES string of the molecule is CNC(=O)N(C)C1CCN(Cc2ccc(-c3cc4nccc(Oc5ccc(NC(=O)NC6CC6)cc5F)c4s3)nc2)CC1. The second kappa shape index (κ2) is 12.5. The Bertz CT molecular complexity index is 1620. The molecule has 1 aliphatic heterocycles. The lowest BCUT2D eigenvalue weighted by Crippen LogP contribution is -2.47. The minimum absolute atomic E-state index is 0.0435. The molecule has 0 bridgehead atoms. The third-order valence-electron chi connectivity index (χ3n) is 7.82. The molecule has 2 aliphatic rings. The van der Waals surface area contributed by atoms with Gasteiger partial charge in [-0.2, -0.15) is 0 Å². The number of halogens is 1. The van der Waals surface area contributed by atoms with Crippen molar-refractivity contribution in [1.29, 1.82) is 0 Å². The van der Waals surface area contributed by atoms with E-state index in [-0.39, 0.29) is 29.9 Å². The van der Waals surface area contributed by atoms with Gasteiger partial charge in [-0.3, -0.25) is 14.9 Å². The first-order valence-corrected chi connectivity index (χ1v) is 15.2. The molecule has 1 saturated carbocycles. The monoisotopic (exact) mass is 603 g/mol. The molecule has 10 nitrogen and oxygen atoms in total. The lowest BCUT2D eigenvalue weighted by atomic mass is 10.0. The number of hydrogen-bond acceptors (Lipinski definition) is 7. The van der Waals surface area contributed by atoms with E-state index in [0.717, 1.165) is 71.7 Å². The molecule has 43 heavy (non-hydrogen) atoms. The van der Waals surface area contributed by atoms with Crippen LogP contribution in [-0.4, -0.2) is 71.1 Å². The average Bonchev–Trinajstić information content (AvgIpc) is 3.72. The molecule has 4 aromatic rings. The molecule has 1 aromatic carbocycles. The number of thiophene rings is 1. The molecule has 0 unspecified atom stereocenters. The van der Waals surface area contributed by atoms with Crippen molar-refractivity contribution < 1.29 is 18.7 Å². The summed E-state index contributed by atoms with van der Waals surface area (Å²) in [6, 6.07) is 12.2. The first-order chi connectivity index (χ1) is 20.9. The van der Waals surface area contributed by atoms with Crippen molar-refractivity contribution in [3.8, 4) is 22.1 Å². The van der Waals surface area contributed by atoms with E-state index in [0.29, 0.717) is 11.4 Å². The molecular formula is C31H34FN7O3S. The van der Waals surface area contributed by atoms with Gasteiger partial charge in [0.05, 0.1) is 20.8 Å². The highest BCUT2D eigenvalue weighted by atomic mass is 32.1. The van der Waals surface area contributed by atoms with Crippen LogP contribution in [0.2, 0.25) is 0 Å². The highest BCUT2D eigenvalue weighted by molar-refractivity contribution is 7.22. The van der Waals surface area contributed by atoms with Crippen LogP contribution in [-0.2, 0) is 6.54 Å². The number of pyridine rings is 2. The van der Waals surface area contributed by atoms with Crippen molar-refractivity contribution in [1.82, 2.24) is 30.4 Å². The van der Waals surface area contributed by atoms with Crippen LogP contribution in [0, 0.1) is 5.82 Å². The first kappa shape index (κ1) is 28.8. The second-order valence-electron chi connectivity index (χ2n) is 11.0. The zero-order valence-electron chi connectivity index (χ0n) is 24.1. The summed E-state index contributed by atoms with van der Waals surface area (Å²) in [5.74, 6) is -0.0252. The maximum atomic E-state index is 14.9. The zero-order chi connectivity index (χ0) is 29.9. The highest BCUT2D eigenvalue weighted by Gasteiger charge is 2.25. The summed E-state index contributed by atoms with van der Waals surface area (Å²) < 4.78 is 21.7. The second-order valence-corrected chi connectivity index (χ2v) is 12.0. The van der Waals surface area contributed by atoms with Gasteiger partial charge in [0.2, 0.25) is 0 Å². The number of piperidine rings is 1. The third kappa shape index (κ3) is 6.86. The Morgan fingerprint density at radius 1 is 1.07 bits per heavy atom. The molecule has 0 atom stereocenters. The quantitative estimate of drug-likeness (QED) is 0.234. The summed E-state index contributed by atoms with van der Waals surface area (Å²) in [6.45, 7) is 2.66. The van der Waals surface area contributed by atoms with Gasteiger partial charge in [-0.1, -0.05) is 6.07 Å². The van der Waals surface area contributed by atoms with Gasteiger partial charge in [0.25, 0.3) is 0 Å². The zero-order valence-corrected chi connectivity index (χ0v) is 24.9. The molecule has 2 fully saturated rings. The standard InChI is InChI=1S/C31H34FN7O3S/c1-33-31(41)38(2)22-10-13-39(14-11-22)18-19-3-7-24(35-17-19)28-16-25-29(43-28)27(9-12-34-25)42-26-8-6-21(15-23(26)32)37-30(40)36-20-4-5-20/h3,6-9,12,15-17,20,22H,4-5,10-11,13-14,18H2,1-2H3,(H,33,41)(H2,36,37,40). The summed E-state index contributed by atoms with van der Waals surface area (Å²) >= 11 is 1.49. The molecule has 6 rings (SSSR count). The number of anilines is 1. The Hall–Kier alpha value is -4.29. The Kier molecular flexibility index (Phi) is 8.39. The largest absolute Gasteiger partial charge is 0.453 e. The lowest BCUT2D eigenvalue weighted by molar-refractivity contribution is 0.132. The van der Waals surface area contributed by atoms with Crippen LogP contribution < -0.4 is 20.7 Å². The molecule has 3 aromatic heterocycles. The van der Waals surface area contributed by atoms with Gasteiger partial charge in [0.15, 0.2) is 11.6 Å². The summed E-state index contributed by atoms with van der Waals surface area (Å²) in [7, 11) is 3.51. The summed E-state index contributed by atoms with van der Waals surface area (Å²) in [4.78, 5) is 38.2. The Labute approximate surface area is 253 Å². The van der Waals surface area contributed by atoms with Gasteiger partial charge in [-0.05, 0) is 55.5 Å². The van der Waals surface area contributed by atoms with Gasteiger partial charge < -0.3 is 25.6 Å². The highest BCUT2D eigenvalue weighted by Crippen LogP contribution is 2.39. The number of hydrogen-bond donors (Lipinski definition) is 3. The van der Waals surface area contributed by atoms with Crippen molar-refractivity contribution in [2.45, 2.75) is 44.3 Å². The molecule has 4 heterocycles. The number of carbonyl (C=O) groups excluding carboxylic acids is 2. The molecule has 1 aliphatic carbocycles. The number of nitrogens with one attached hydrogen (secondary N) is 3. The van der Waals surface area contributed by atoms with E-state index >= 15 is 0 Å². The molecular weight excluding hydrogens is 569 g/mol. The molecule has 12 heteroatoms. The van der Waals surface area contributed by atoms with Crippen LogP contribution in [0.25, 0.3) is 20.8 Å². The minimum Gasteiger partial charge on any atom is -0.453 e. The number of urea groups is 2. The average molecular weight is 604 g/mol. The Morgan fingerprint density at radius 2 is 1.88 bits per heavy atom. The molecule has 224 valence electrons. The van der Waals surface area contributed by atoms with E-state index in [2.05, 4.69) is 31.9 Å². The number of ether oxygens (including phenoxy) is 1. The van der Waals surface area contributed by atoms with E-state index in [9.17, 15) is 14.0 Å². The molecule has 3 N–H and O–H groups in total. The molecule has 4 amide bonds. The fraction of sp³-hybridized carbons (Fsp3) is 0.355. The Morgan fingerprint density at radius 3 is 2.58 bits per heavy atom. The number of aromatic nitrogens is 2. The van der Waals surface area contributed by atoms with Crippen LogP contribution in [0.4, 0.5) is 19.7 Å². The van der Waals surface area contributed by atoms with Crippen LogP contribution in [0.3, 0.4) is 0 Å². The van der Waals surface area contributed by atoms with Crippen molar-refractivity contribution in [2.24, 2.45) is 0 Å². The smallest absolute Gasteiger partial charge is 0.319 e. The number of likely N-dealkylation sites (tertiary alicyclic amines) is 1.